The second-order valence-electron chi connectivity index (χ2n) is 13.5. The van der Waals surface area contributed by atoms with Gasteiger partial charge in [0.05, 0.1) is 11.7 Å². The molecule has 0 radical (unpaired) electrons. The molecule has 3 aromatic heterocycles. The molecule has 8 nitrogen and oxygen atoms in total. The number of carbonyl (C=O) groups is 1. The van der Waals surface area contributed by atoms with Gasteiger partial charge in [0, 0.05) is 34.7 Å². The average Bonchev–Trinajstić information content (AvgIpc) is 3.70. The summed E-state index contributed by atoms with van der Waals surface area (Å²) in [5, 5.41) is 17.6. The number of hydrogen-bond donors (Lipinski definition) is 3. The summed E-state index contributed by atoms with van der Waals surface area (Å²) in [6.45, 7) is 1.88. The van der Waals surface area contributed by atoms with Gasteiger partial charge in [-0.05, 0) is 85.4 Å². The number of nitrogens with two attached hydrogens (primary N) is 1. The molecule has 4 N–H and O–H groups in total. The van der Waals surface area contributed by atoms with Gasteiger partial charge >= 0.3 is 6.18 Å². The number of hydrogen-bond acceptors (Lipinski definition) is 6. The molecule has 52 heavy (non-hydrogen) atoms. The molecule has 5 aromatic rings. The van der Waals surface area contributed by atoms with Gasteiger partial charge in [0.2, 0.25) is 5.91 Å². The molecule has 3 heterocycles. The van der Waals surface area contributed by atoms with Gasteiger partial charge in [-0.1, -0.05) is 24.1 Å². The Hall–Kier alpha value is -5.49. The highest BCUT2D eigenvalue weighted by Crippen LogP contribution is 2.68. The van der Waals surface area contributed by atoms with E-state index in [0.29, 0.717) is 32.6 Å². The van der Waals surface area contributed by atoms with Crippen molar-refractivity contribution in [3.8, 4) is 23.0 Å². The van der Waals surface area contributed by atoms with Crippen LogP contribution in [0, 0.1) is 29.4 Å². The van der Waals surface area contributed by atoms with Gasteiger partial charge in [-0.3, -0.25) is 9.48 Å². The molecule has 7 rings (SSSR count). The summed E-state index contributed by atoms with van der Waals surface area (Å²) >= 11 is 0. The average molecular weight is 723 g/mol. The molecular formula is C37H29F7N6O2. The first-order valence-corrected chi connectivity index (χ1v) is 16.1. The van der Waals surface area contributed by atoms with E-state index >= 15 is 8.78 Å². The first-order chi connectivity index (χ1) is 24.4. The van der Waals surface area contributed by atoms with Gasteiger partial charge in [-0.15, -0.1) is 0 Å². The lowest BCUT2D eigenvalue weighted by molar-refractivity contribution is -0.142. The number of aromatic nitrogens is 4. The molecule has 1 saturated carbocycles. The van der Waals surface area contributed by atoms with Crippen LogP contribution in [-0.4, -0.2) is 36.4 Å². The maximum atomic E-state index is 15.3. The lowest BCUT2D eigenvalue weighted by Gasteiger charge is -2.23. The summed E-state index contributed by atoms with van der Waals surface area (Å²) in [5.74, 6) is -3.18. The normalized spacial score (nSPS) is 18.0. The van der Waals surface area contributed by atoms with Crippen molar-refractivity contribution < 1.29 is 40.6 Å². The van der Waals surface area contributed by atoms with Crippen LogP contribution in [-0.2, 0) is 29.9 Å². The molecular weight excluding hydrogens is 693 g/mol. The summed E-state index contributed by atoms with van der Waals surface area (Å²) in [7, 11) is 0. The lowest BCUT2D eigenvalue weighted by atomic mass is 9.92. The number of nitrogen functional groups attached to an aromatic ring is 1. The van der Waals surface area contributed by atoms with E-state index in [1.807, 2.05) is 0 Å². The first-order valence-electron chi connectivity index (χ1n) is 16.1. The monoisotopic (exact) mass is 722 g/mol. The number of alkyl halides is 5. The van der Waals surface area contributed by atoms with Crippen LogP contribution in [0.3, 0.4) is 0 Å². The lowest BCUT2D eigenvalue weighted by Crippen LogP contribution is -2.35. The molecule has 0 bridgehead atoms. The van der Waals surface area contributed by atoms with Crippen molar-refractivity contribution in [1.82, 2.24) is 25.1 Å². The Balaban J connectivity index is 1.36. The van der Waals surface area contributed by atoms with Crippen LogP contribution in [0.1, 0.15) is 66.1 Å². The van der Waals surface area contributed by atoms with Crippen LogP contribution in [0.4, 0.5) is 36.6 Å². The standard InChI is InChI=1S/C37H29F7N6O2/c1-35(2,52)10-8-21-6-7-24(22-4-3-5-25-23(22)9-11-46-34(25)45)31(47-21)28(14-18-12-19(38)15-20(39)13-18)48-29(51)17-50-33-30(32(49-50)37(42,43)44)26-16-27(26)36(33,40)41/h3-7,9,11-13,15,26-28,52H,14,16-17H2,1-2H3,(H2,45,46)(H,48,51)/t26?,27-,28+/m1/s1. The number of pyridine rings is 2. The van der Waals surface area contributed by atoms with Gasteiger partial charge in [-0.25, -0.2) is 18.7 Å². The number of benzene rings is 2. The van der Waals surface area contributed by atoms with Crippen molar-refractivity contribution in [3.05, 3.63) is 106 Å². The first kappa shape index (κ1) is 34.9. The molecule has 3 atom stereocenters. The zero-order valence-corrected chi connectivity index (χ0v) is 27.5. The molecule has 2 aliphatic carbocycles. The van der Waals surface area contributed by atoms with Gasteiger partial charge in [0.25, 0.3) is 5.92 Å². The van der Waals surface area contributed by atoms with E-state index in [1.54, 1.807) is 36.4 Å². The topological polar surface area (TPSA) is 119 Å². The second-order valence-corrected chi connectivity index (χ2v) is 13.5. The van der Waals surface area contributed by atoms with Crippen molar-refractivity contribution in [2.24, 2.45) is 5.92 Å². The van der Waals surface area contributed by atoms with E-state index in [4.69, 9.17) is 10.7 Å². The Kier molecular flexibility index (Phi) is 8.28. The minimum Gasteiger partial charge on any atom is -0.383 e. The summed E-state index contributed by atoms with van der Waals surface area (Å²) in [5.41, 5.74) is 2.97. The molecule has 0 spiro atoms. The summed E-state index contributed by atoms with van der Waals surface area (Å²) < 4.78 is 102. The number of carbonyl (C=O) groups excluding carboxylic acids is 1. The molecule has 1 amide bonds. The van der Waals surface area contributed by atoms with E-state index in [2.05, 4.69) is 27.2 Å². The Bertz CT molecular complexity index is 2300. The van der Waals surface area contributed by atoms with Crippen LogP contribution in [0.5, 0.6) is 0 Å². The third kappa shape index (κ3) is 6.54. The SMILES string of the molecule is CC(C)(O)C#Cc1ccc(-c2cccc3c(N)nccc23)c([C@H](Cc2cc(F)cc(F)c2)NC(=O)Cn2nc(C(F)(F)F)c3c2C(F)(F)[C@@H]2CC32)n1. The van der Waals surface area contributed by atoms with Gasteiger partial charge in [-0.2, -0.15) is 27.1 Å². The Labute approximate surface area is 291 Å². The third-order valence-electron chi connectivity index (χ3n) is 9.07. The number of rotatable bonds is 7. The molecule has 2 aliphatic rings. The van der Waals surface area contributed by atoms with E-state index in [1.165, 1.54) is 20.0 Å². The fourth-order valence-corrected chi connectivity index (χ4v) is 6.87. The Morgan fingerprint density at radius 3 is 2.50 bits per heavy atom. The van der Waals surface area contributed by atoms with Crippen molar-refractivity contribution in [1.29, 1.82) is 0 Å². The molecule has 268 valence electrons. The van der Waals surface area contributed by atoms with Crippen molar-refractivity contribution in [3.63, 3.8) is 0 Å². The summed E-state index contributed by atoms with van der Waals surface area (Å²) in [6.07, 6.45) is -3.97. The summed E-state index contributed by atoms with van der Waals surface area (Å²) in [6, 6.07) is 11.5. The van der Waals surface area contributed by atoms with E-state index in [0.717, 1.165) is 12.1 Å². The molecule has 0 saturated heterocycles. The number of nitrogens with one attached hydrogen (secondary N) is 1. The van der Waals surface area contributed by atoms with Crippen LogP contribution in [0.2, 0.25) is 0 Å². The Morgan fingerprint density at radius 2 is 1.81 bits per heavy atom. The smallest absolute Gasteiger partial charge is 0.383 e. The van der Waals surface area contributed by atoms with Gasteiger partial charge < -0.3 is 16.2 Å². The predicted octanol–water partition coefficient (Wildman–Crippen LogP) is 6.80. The highest BCUT2D eigenvalue weighted by atomic mass is 19.4. The number of halogens is 7. The summed E-state index contributed by atoms with van der Waals surface area (Å²) in [4.78, 5) is 22.6. The largest absolute Gasteiger partial charge is 0.435 e. The van der Waals surface area contributed by atoms with Crippen molar-refractivity contribution >= 4 is 22.5 Å². The van der Waals surface area contributed by atoms with E-state index in [-0.39, 0.29) is 35.6 Å². The maximum absolute atomic E-state index is 15.3. The maximum Gasteiger partial charge on any atom is 0.435 e. The molecule has 2 aromatic carbocycles. The minimum absolute atomic E-state index is 0.0702. The van der Waals surface area contributed by atoms with Gasteiger partial charge in [0.1, 0.15) is 41.0 Å². The van der Waals surface area contributed by atoms with Crippen LogP contribution >= 0.6 is 0 Å². The predicted molar refractivity (Wildman–Crippen MR) is 175 cm³/mol. The number of anilines is 1. The Morgan fingerprint density at radius 1 is 1.08 bits per heavy atom. The number of nitrogens with zero attached hydrogens (tertiary/aromatic N) is 4. The van der Waals surface area contributed by atoms with E-state index in [9.17, 15) is 31.9 Å². The van der Waals surface area contributed by atoms with Crippen molar-refractivity contribution in [2.45, 2.75) is 62.9 Å². The van der Waals surface area contributed by atoms with E-state index < -0.39 is 76.6 Å². The molecule has 15 heteroatoms. The zero-order valence-electron chi connectivity index (χ0n) is 27.5. The zero-order chi connectivity index (χ0) is 37.3. The molecule has 0 aliphatic heterocycles. The fraction of sp³-hybridized carbons (Fsp3) is 0.297. The highest BCUT2D eigenvalue weighted by Gasteiger charge is 2.68. The number of amides is 1. The van der Waals surface area contributed by atoms with Gasteiger partial charge in [0.15, 0.2) is 5.69 Å². The van der Waals surface area contributed by atoms with Crippen LogP contribution < -0.4 is 11.1 Å². The second kappa shape index (κ2) is 12.3. The fourth-order valence-electron chi connectivity index (χ4n) is 6.87. The van der Waals surface area contributed by atoms with Crippen LogP contribution in [0.25, 0.3) is 21.9 Å². The van der Waals surface area contributed by atoms with Crippen molar-refractivity contribution in [2.75, 3.05) is 5.73 Å². The number of aliphatic hydroxyl groups is 1. The highest BCUT2D eigenvalue weighted by molar-refractivity contribution is 6.01. The number of fused-ring (bicyclic) bond motifs is 4. The quantitative estimate of drug-likeness (QED) is 0.126. The van der Waals surface area contributed by atoms with Crippen LogP contribution in [0.15, 0.2) is 60.8 Å². The molecule has 1 unspecified atom stereocenters. The minimum atomic E-state index is -5.04. The third-order valence-corrected chi connectivity index (χ3v) is 9.07. The molecule has 1 fully saturated rings.